The Kier molecular flexibility index (Phi) is 8.90. The van der Waals surface area contributed by atoms with Crippen molar-refractivity contribution in [2.45, 2.75) is 102 Å². The van der Waals surface area contributed by atoms with Gasteiger partial charge in [-0.2, -0.15) is 4.39 Å². The fourth-order valence-electron chi connectivity index (χ4n) is 6.10. The van der Waals surface area contributed by atoms with E-state index in [4.69, 9.17) is 4.43 Å². The first-order chi connectivity index (χ1) is 16.9. The summed E-state index contributed by atoms with van der Waals surface area (Å²) in [6.45, 7) is 10.2. The standard InChI is InChI=1S/C26H35F7OSi2/c1-6-35(7-2,8-3)14-36(15(4)5,16-12-10-9-11-13-16)34-26-22(30)18-17(21(29)25(26)33)19(27)23(31)24(32)20(18)28/h15-16H,6-14H2,1-5H3. The number of hydrogen-bond donors (Lipinski definition) is 0. The molecule has 0 bridgehead atoms. The summed E-state index contributed by atoms with van der Waals surface area (Å²) in [5, 5.41) is -3.07. The van der Waals surface area contributed by atoms with Crippen LogP contribution in [0.25, 0.3) is 10.8 Å². The van der Waals surface area contributed by atoms with Crippen LogP contribution in [0.3, 0.4) is 0 Å². The summed E-state index contributed by atoms with van der Waals surface area (Å²) in [6.07, 6.45) is 4.55. The number of fused-ring (bicyclic) bond motifs is 1. The van der Waals surface area contributed by atoms with Crippen molar-refractivity contribution in [3.63, 3.8) is 0 Å². The molecule has 1 aliphatic carbocycles. The number of rotatable bonds is 9. The van der Waals surface area contributed by atoms with Crippen molar-refractivity contribution in [3.8, 4) is 5.75 Å². The van der Waals surface area contributed by atoms with Gasteiger partial charge in [-0.25, -0.2) is 26.3 Å². The van der Waals surface area contributed by atoms with Crippen molar-refractivity contribution in [1.29, 1.82) is 0 Å². The Morgan fingerprint density at radius 3 is 1.56 bits per heavy atom. The smallest absolute Gasteiger partial charge is 0.254 e. The average molecular weight is 553 g/mol. The Balaban J connectivity index is 2.32. The second-order valence-electron chi connectivity index (χ2n) is 10.6. The second kappa shape index (κ2) is 11.0. The van der Waals surface area contributed by atoms with Gasteiger partial charge in [0, 0.05) is 0 Å². The molecule has 0 aromatic heterocycles. The van der Waals surface area contributed by atoms with Crippen LogP contribution in [0.1, 0.15) is 66.7 Å². The highest BCUT2D eigenvalue weighted by atomic mass is 28.4. The van der Waals surface area contributed by atoms with E-state index in [1.165, 1.54) is 0 Å². The molecule has 2 aromatic carbocycles. The first-order valence-electron chi connectivity index (χ1n) is 12.9. The van der Waals surface area contributed by atoms with Crippen LogP contribution in [0.2, 0.25) is 34.9 Å². The van der Waals surface area contributed by atoms with Crippen LogP contribution in [0.5, 0.6) is 5.75 Å². The Hall–Kier alpha value is -1.56. The molecule has 0 aliphatic heterocycles. The van der Waals surface area contributed by atoms with E-state index in [0.717, 1.165) is 50.2 Å². The van der Waals surface area contributed by atoms with E-state index in [1.54, 1.807) is 0 Å². The molecule has 1 aliphatic rings. The Morgan fingerprint density at radius 1 is 0.667 bits per heavy atom. The van der Waals surface area contributed by atoms with Gasteiger partial charge < -0.3 is 4.43 Å². The van der Waals surface area contributed by atoms with Crippen LogP contribution in [-0.4, -0.2) is 16.4 Å². The molecule has 2 aromatic rings. The summed E-state index contributed by atoms with van der Waals surface area (Å²) >= 11 is 0. The van der Waals surface area contributed by atoms with Crippen LogP contribution in [0.4, 0.5) is 30.7 Å². The summed E-state index contributed by atoms with van der Waals surface area (Å²) in [6, 6.07) is 2.83. The maximum atomic E-state index is 15.7. The van der Waals surface area contributed by atoms with E-state index in [9.17, 15) is 17.6 Å². The van der Waals surface area contributed by atoms with E-state index in [0.29, 0.717) is 5.67 Å². The second-order valence-corrected chi connectivity index (χ2v) is 21.2. The predicted molar refractivity (Wildman–Crippen MR) is 134 cm³/mol. The SMILES string of the molecule is CC[Si](CC)(CC)C[Si](Oc1c(F)c(F)c2c(F)c(F)c(F)c(F)c2c1F)(C(C)C)C1CCCCC1. The molecular formula is C26H35F7OSi2. The average Bonchev–Trinajstić information content (AvgIpc) is 2.88. The maximum Gasteiger partial charge on any atom is 0.254 e. The van der Waals surface area contributed by atoms with Crippen LogP contribution < -0.4 is 4.43 Å². The van der Waals surface area contributed by atoms with E-state index < -0.39 is 73.6 Å². The topological polar surface area (TPSA) is 9.23 Å². The van der Waals surface area contributed by atoms with Gasteiger partial charge in [0.15, 0.2) is 40.7 Å². The molecule has 0 radical (unpaired) electrons. The van der Waals surface area contributed by atoms with Crippen molar-refractivity contribution in [2.24, 2.45) is 0 Å². The van der Waals surface area contributed by atoms with Gasteiger partial charge in [-0.05, 0) is 29.6 Å². The number of benzene rings is 2. The molecule has 3 rings (SSSR count). The lowest BCUT2D eigenvalue weighted by Crippen LogP contribution is -2.56. The molecule has 1 unspecified atom stereocenters. The minimum Gasteiger partial charge on any atom is -0.539 e. The van der Waals surface area contributed by atoms with Gasteiger partial charge >= 0.3 is 0 Å². The van der Waals surface area contributed by atoms with Crippen molar-refractivity contribution in [3.05, 3.63) is 40.7 Å². The van der Waals surface area contributed by atoms with Gasteiger partial charge in [-0.15, -0.1) is 0 Å². The van der Waals surface area contributed by atoms with Crippen LogP contribution in [-0.2, 0) is 0 Å². The third-order valence-electron chi connectivity index (χ3n) is 8.76. The summed E-state index contributed by atoms with van der Waals surface area (Å²) in [5.41, 5.74) is 0.631. The van der Waals surface area contributed by atoms with Crippen molar-refractivity contribution in [1.82, 2.24) is 0 Å². The van der Waals surface area contributed by atoms with Crippen molar-refractivity contribution >= 4 is 27.2 Å². The molecule has 202 valence electrons. The summed E-state index contributed by atoms with van der Waals surface area (Å²) in [5.74, 6) is -15.6. The van der Waals surface area contributed by atoms with Crippen LogP contribution in [0.15, 0.2) is 0 Å². The van der Waals surface area contributed by atoms with Gasteiger partial charge in [0.05, 0.1) is 18.8 Å². The summed E-state index contributed by atoms with van der Waals surface area (Å²) in [7, 11) is -5.05. The van der Waals surface area contributed by atoms with Crippen LogP contribution >= 0.6 is 0 Å². The predicted octanol–water partition coefficient (Wildman–Crippen LogP) is 9.93. The molecule has 10 heteroatoms. The van der Waals surface area contributed by atoms with Crippen molar-refractivity contribution in [2.75, 3.05) is 0 Å². The van der Waals surface area contributed by atoms with Gasteiger partial charge in [-0.3, -0.25) is 0 Å². The third-order valence-corrected chi connectivity index (χ3v) is 23.0. The zero-order chi connectivity index (χ0) is 27.0. The molecule has 0 heterocycles. The highest BCUT2D eigenvalue weighted by Crippen LogP contribution is 2.50. The quantitative estimate of drug-likeness (QED) is 0.130. The molecule has 0 saturated heterocycles. The van der Waals surface area contributed by atoms with Crippen LogP contribution in [0, 0.1) is 40.7 Å². The van der Waals surface area contributed by atoms with E-state index in [2.05, 4.69) is 20.8 Å². The Labute approximate surface area is 210 Å². The van der Waals surface area contributed by atoms with Gasteiger partial charge in [0.2, 0.25) is 5.82 Å². The zero-order valence-corrected chi connectivity index (χ0v) is 23.6. The van der Waals surface area contributed by atoms with E-state index in [1.807, 2.05) is 13.8 Å². The largest absolute Gasteiger partial charge is 0.539 e. The third kappa shape index (κ3) is 4.72. The van der Waals surface area contributed by atoms with Gasteiger partial charge in [0.25, 0.3) is 8.32 Å². The lowest BCUT2D eigenvalue weighted by molar-refractivity contribution is 0.377. The van der Waals surface area contributed by atoms with Crippen molar-refractivity contribution < 1.29 is 35.2 Å². The molecule has 0 N–H and O–H groups in total. The molecule has 1 saturated carbocycles. The first kappa shape index (κ1) is 29.0. The first-order valence-corrected chi connectivity index (χ1v) is 18.0. The highest BCUT2D eigenvalue weighted by molar-refractivity contribution is 6.96. The normalized spacial score (nSPS) is 17.1. The fraction of sp³-hybridized carbons (Fsp3) is 0.615. The molecule has 1 atom stereocenters. The lowest BCUT2D eigenvalue weighted by atomic mass is 10.0. The fourth-order valence-corrected chi connectivity index (χ4v) is 21.7. The zero-order valence-electron chi connectivity index (χ0n) is 21.6. The molecule has 0 amide bonds. The summed E-state index contributed by atoms with van der Waals surface area (Å²) < 4.78 is 109. The number of halogens is 7. The molecular weight excluding hydrogens is 517 g/mol. The lowest BCUT2D eigenvalue weighted by Gasteiger charge is -2.48. The monoisotopic (exact) mass is 552 g/mol. The summed E-state index contributed by atoms with van der Waals surface area (Å²) in [4.78, 5) is 0. The Morgan fingerprint density at radius 2 is 1.11 bits per heavy atom. The molecule has 0 spiro atoms. The Bertz CT molecular complexity index is 1110. The highest BCUT2D eigenvalue weighted by Gasteiger charge is 2.53. The minimum atomic E-state index is -3.11. The minimum absolute atomic E-state index is 0.0480. The molecule has 1 nitrogen and oxygen atoms in total. The molecule has 36 heavy (non-hydrogen) atoms. The maximum absolute atomic E-state index is 15.7. The van der Waals surface area contributed by atoms with E-state index >= 15 is 13.2 Å². The number of hydrogen-bond acceptors (Lipinski definition) is 1. The van der Waals surface area contributed by atoms with E-state index in [-0.39, 0.29) is 11.1 Å². The van der Waals surface area contributed by atoms with Gasteiger partial charge in [0.1, 0.15) is 0 Å². The molecule has 1 fully saturated rings. The van der Waals surface area contributed by atoms with Gasteiger partial charge in [-0.1, -0.05) is 72.0 Å².